The third-order valence-corrected chi connectivity index (χ3v) is 2.97. The minimum Gasteiger partial charge on any atom is -0.481 e. The summed E-state index contributed by atoms with van der Waals surface area (Å²) in [5, 5.41) is 17.7. The Morgan fingerprint density at radius 2 is 1.77 bits per heavy atom. The molecule has 0 aliphatic carbocycles. The Balaban J connectivity index is 2.22. The largest absolute Gasteiger partial charge is 0.481 e. The quantitative estimate of drug-likeness (QED) is 0.815. The summed E-state index contributed by atoms with van der Waals surface area (Å²) in [6, 6.07) is 10.5. The molecule has 2 aromatic rings. The molecular weight excluding hydrogens is 286 g/mol. The van der Waals surface area contributed by atoms with E-state index < -0.39 is 11.9 Å². The van der Waals surface area contributed by atoms with Crippen LogP contribution in [0.5, 0.6) is 11.6 Å². The van der Waals surface area contributed by atoms with Crippen LogP contribution in [0.4, 0.5) is 0 Å². The fourth-order valence-electron chi connectivity index (χ4n) is 1.96. The van der Waals surface area contributed by atoms with E-state index in [1.165, 1.54) is 12.3 Å². The molecular formula is C16H15NO5. The van der Waals surface area contributed by atoms with E-state index in [0.29, 0.717) is 16.9 Å². The number of nitrogens with zero attached hydrogens (tertiary/aromatic N) is 1. The number of aryl methyl sites for hydroxylation is 1. The van der Waals surface area contributed by atoms with Crippen molar-refractivity contribution < 1.29 is 24.5 Å². The van der Waals surface area contributed by atoms with Crippen molar-refractivity contribution in [2.24, 2.45) is 0 Å². The number of carboxylic acids is 2. The third-order valence-electron chi connectivity index (χ3n) is 2.97. The van der Waals surface area contributed by atoms with E-state index in [0.717, 1.165) is 0 Å². The zero-order chi connectivity index (χ0) is 15.9. The number of hydrogen-bond donors (Lipinski definition) is 2. The number of pyridine rings is 1. The first-order valence-corrected chi connectivity index (χ1v) is 6.69. The van der Waals surface area contributed by atoms with Crippen LogP contribution < -0.4 is 4.74 Å². The van der Waals surface area contributed by atoms with Gasteiger partial charge in [-0.3, -0.25) is 9.59 Å². The number of benzene rings is 1. The minimum absolute atomic E-state index is 0.0762. The van der Waals surface area contributed by atoms with Gasteiger partial charge in [0.1, 0.15) is 5.75 Å². The van der Waals surface area contributed by atoms with E-state index in [2.05, 4.69) is 4.98 Å². The van der Waals surface area contributed by atoms with Crippen LogP contribution in [-0.4, -0.2) is 27.1 Å². The maximum absolute atomic E-state index is 11.0. The first-order chi connectivity index (χ1) is 10.5. The Bertz CT molecular complexity index is 669. The number of aromatic nitrogens is 1. The smallest absolute Gasteiger partial charge is 0.307 e. The number of carbonyl (C=O) groups is 2. The van der Waals surface area contributed by atoms with E-state index >= 15 is 0 Å². The highest BCUT2D eigenvalue weighted by atomic mass is 16.5. The fraction of sp³-hybridized carbons (Fsp3) is 0.188. The molecule has 6 heteroatoms. The lowest BCUT2D eigenvalue weighted by Crippen LogP contribution is -2.07. The van der Waals surface area contributed by atoms with Gasteiger partial charge in [-0.05, 0) is 29.7 Å². The van der Waals surface area contributed by atoms with Crippen molar-refractivity contribution in [3.05, 3.63) is 53.7 Å². The van der Waals surface area contributed by atoms with Gasteiger partial charge in [0.2, 0.25) is 5.88 Å². The van der Waals surface area contributed by atoms with Crippen LogP contribution in [-0.2, 0) is 22.4 Å². The summed E-state index contributed by atoms with van der Waals surface area (Å²) in [5.74, 6) is -1.06. The Labute approximate surface area is 127 Å². The first-order valence-electron chi connectivity index (χ1n) is 6.69. The van der Waals surface area contributed by atoms with Crippen LogP contribution >= 0.6 is 0 Å². The normalized spacial score (nSPS) is 10.2. The van der Waals surface area contributed by atoms with Gasteiger partial charge in [-0.25, -0.2) is 4.98 Å². The minimum atomic E-state index is -0.992. The summed E-state index contributed by atoms with van der Waals surface area (Å²) in [6.07, 6.45) is 1.42. The second kappa shape index (κ2) is 7.21. The lowest BCUT2D eigenvalue weighted by Gasteiger charge is -2.10. The molecule has 2 rings (SSSR count). The zero-order valence-electron chi connectivity index (χ0n) is 11.7. The van der Waals surface area contributed by atoms with Crippen molar-refractivity contribution in [2.45, 2.75) is 19.3 Å². The molecule has 2 N–H and O–H groups in total. The molecule has 1 aromatic carbocycles. The van der Waals surface area contributed by atoms with Gasteiger partial charge < -0.3 is 14.9 Å². The van der Waals surface area contributed by atoms with Gasteiger partial charge in [0.25, 0.3) is 0 Å². The Hall–Kier alpha value is -2.89. The molecule has 0 fully saturated rings. The van der Waals surface area contributed by atoms with E-state index in [1.54, 1.807) is 12.1 Å². The molecule has 0 spiro atoms. The summed E-state index contributed by atoms with van der Waals surface area (Å²) in [4.78, 5) is 25.7. The average molecular weight is 301 g/mol. The molecule has 0 amide bonds. The molecule has 0 aliphatic heterocycles. The predicted molar refractivity (Wildman–Crippen MR) is 78.0 cm³/mol. The fourth-order valence-corrected chi connectivity index (χ4v) is 1.96. The molecule has 0 unspecified atom stereocenters. The second-order valence-electron chi connectivity index (χ2n) is 4.67. The number of rotatable bonds is 7. The van der Waals surface area contributed by atoms with Crippen molar-refractivity contribution >= 4 is 11.9 Å². The van der Waals surface area contributed by atoms with Crippen molar-refractivity contribution in [1.82, 2.24) is 4.98 Å². The average Bonchev–Trinajstić information content (AvgIpc) is 2.47. The monoisotopic (exact) mass is 301 g/mol. The SMILES string of the molecule is O=C(O)CCc1cnc(Oc2ccccc2)cc1CC(=O)O. The molecule has 0 radical (unpaired) electrons. The highest BCUT2D eigenvalue weighted by Crippen LogP contribution is 2.22. The van der Waals surface area contributed by atoms with Crippen LogP contribution in [0, 0.1) is 0 Å². The topological polar surface area (TPSA) is 96.7 Å². The highest BCUT2D eigenvalue weighted by molar-refractivity contribution is 5.71. The van der Waals surface area contributed by atoms with Crippen LogP contribution in [0.3, 0.4) is 0 Å². The Morgan fingerprint density at radius 3 is 2.41 bits per heavy atom. The summed E-state index contributed by atoms with van der Waals surface area (Å²) < 4.78 is 5.56. The van der Waals surface area contributed by atoms with Crippen molar-refractivity contribution in [1.29, 1.82) is 0 Å². The zero-order valence-corrected chi connectivity index (χ0v) is 11.7. The van der Waals surface area contributed by atoms with E-state index in [4.69, 9.17) is 14.9 Å². The summed E-state index contributed by atoms with van der Waals surface area (Å²) in [7, 11) is 0. The van der Waals surface area contributed by atoms with Gasteiger partial charge in [0.15, 0.2) is 0 Å². The summed E-state index contributed by atoms with van der Waals surface area (Å²) in [6.45, 7) is 0. The Morgan fingerprint density at radius 1 is 1.05 bits per heavy atom. The standard InChI is InChI=1S/C16H15NO5/c18-15(19)7-6-11-10-17-14(8-12(11)9-16(20)21)22-13-4-2-1-3-5-13/h1-5,8,10H,6-7,9H2,(H,18,19)(H,20,21). The van der Waals surface area contributed by atoms with Crippen LogP contribution in [0.15, 0.2) is 42.6 Å². The van der Waals surface area contributed by atoms with E-state index in [1.807, 2.05) is 18.2 Å². The first kappa shape index (κ1) is 15.5. The van der Waals surface area contributed by atoms with Gasteiger partial charge >= 0.3 is 11.9 Å². The number of carboxylic acid groups (broad SMARTS) is 2. The van der Waals surface area contributed by atoms with Gasteiger partial charge in [-0.15, -0.1) is 0 Å². The lowest BCUT2D eigenvalue weighted by atomic mass is 10.0. The predicted octanol–water partition coefficient (Wildman–Crippen LogP) is 2.52. The maximum Gasteiger partial charge on any atom is 0.307 e. The summed E-state index contributed by atoms with van der Waals surface area (Å²) >= 11 is 0. The molecule has 22 heavy (non-hydrogen) atoms. The van der Waals surface area contributed by atoms with E-state index in [-0.39, 0.29) is 25.1 Å². The molecule has 1 heterocycles. The van der Waals surface area contributed by atoms with Crippen LogP contribution in [0.2, 0.25) is 0 Å². The third kappa shape index (κ3) is 4.59. The van der Waals surface area contributed by atoms with Gasteiger partial charge in [-0.2, -0.15) is 0 Å². The highest BCUT2D eigenvalue weighted by Gasteiger charge is 2.11. The van der Waals surface area contributed by atoms with E-state index in [9.17, 15) is 9.59 Å². The maximum atomic E-state index is 11.0. The number of aliphatic carboxylic acids is 2. The number of para-hydroxylation sites is 1. The lowest BCUT2D eigenvalue weighted by molar-refractivity contribution is -0.137. The van der Waals surface area contributed by atoms with Crippen LogP contribution in [0.25, 0.3) is 0 Å². The molecule has 6 nitrogen and oxygen atoms in total. The van der Waals surface area contributed by atoms with Gasteiger partial charge in [0, 0.05) is 18.7 Å². The number of ether oxygens (including phenoxy) is 1. The molecule has 0 saturated heterocycles. The number of hydrogen-bond acceptors (Lipinski definition) is 4. The summed E-state index contributed by atoms with van der Waals surface area (Å²) in [5.41, 5.74) is 1.11. The Kier molecular flexibility index (Phi) is 5.08. The molecule has 0 atom stereocenters. The molecule has 0 saturated carbocycles. The van der Waals surface area contributed by atoms with Crippen molar-refractivity contribution in [2.75, 3.05) is 0 Å². The second-order valence-corrected chi connectivity index (χ2v) is 4.67. The van der Waals surface area contributed by atoms with Gasteiger partial charge in [0.05, 0.1) is 6.42 Å². The van der Waals surface area contributed by atoms with Crippen molar-refractivity contribution in [3.8, 4) is 11.6 Å². The molecule has 1 aromatic heterocycles. The van der Waals surface area contributed by atoms with Gasteiger partial charge in [-0.1, -0.05) is 18.2 Å². The van der Waals surface area contributed by atoms with Crippen molar-refractivity contribution in [3.63, 3.8) is 0 Å². The molecule has 0 aliphatic rings. The molecule has 0 bridgehead atoms. The van der Waals surface area contributed by atoms with Crippen LogP contribution in [0.1, 0.15) is 17.5 Å². The molecule has 114 valence electrons.